The van der Waals surface area contributed by atoms with Gasteiger partial charge in [0.1, 0.15) is 24.4 Å². The number of nitrogens with one attached hydrogen (secondary N) is 1. The number of aliphatic hydroxyl groups is 4. The summed E-state index contributed by atoms with van der Waals surface area (Å²) < 4.78 is 11.4. The van der Waals surface area contributed by atoms with Gasteiger partial charge in [-0.05, 0) is 51.4 Å². The Bertz CT molecular complexity index is 1020. The smallest absolute Gasteiger partial charge is 0.220 e. The van der Waals surface area contributed by atoms with Crippen LogP contribution in [-0.2, 0) is 14.3 Å². The third-order valence-corrected chi connectivity index (χ3v) is 10.1. The van der Waals surface area contributed by atoms with E-state index in [9.17, 15) is 30.1 Å². The molecule has 1 heterocycles. The van der Waals surface area contributed by atoms with Crippen molar-refractivity contribution in [3.8, 4) is 0 Å². The molecule has 10 heteroatoms. The van der Waals surface area contributed by atoms with Gasteiger partial charge in [0.25, 0.3) is 0 Å². The van der Waals surface area contributed by atoms with Crippen LogP contribution < -0.4 is 5.32 Å². The molecule has 0 saturated carbocycles. The van der Waals surface area contributed by atoms with Gasteiger partial charge in [-0.2, -0.15) is 4.91 Å². The zero-order valence-corrected chi connectivity index (χ0v) is 33.9. The molecule has 312 valence electrons. The molecule has 1 amide bonds. The van der Waals surface area contributed by atoms with Crippen LogP contribution in [0.15, 0.2) is 53.8 Å². The Labute approximate surface area is 327 Å². The average Bonchev–Trinajstić information content (AvgIpc) is 3.18. The van der Waals surface area contributed by atoms with E-state index < -0.39 is 49.4 Å². The summed E-state index contributed by atoms with van der Waals surface area (Å²) in [4.78, 5) is 24.2. The lowest BCUT2D eigenvalue weighted by Crippen LogP contribution is -2.53. The molecular weight excluding hydrogens is 684 g/mol. The van der Waals surface area contributed by atoms with Crippen molar-refractivity contribution in [3.05, 3.63) is 53.5 Å². The van der Waals surface area contributed by atoms with E-state index in [0.717, 1.165) is 44.9 Å². The van der Waals surface area contributed by atoms with E-state index in [4.69, 9.17) is 9.47 Å². The lowest BCUT2D eigenvalue weighted by atomic mass is 9.98. The van der Waals surface area contributed by atoms with Gasteiger partial charge in [0.15, 0.2) is 6.29 Å². The van der Waals surface area contributed by atoms with Crippen LogP contribution in [-0.4, -0.2) is 82.3 Å². The number of carbonyl (C=O) groups is 1. The Morgan fingerprint density at radius 1 is 0.759 bits per heavy atom. The number of hydrogen-bond acceptors (Lipinski definition) is 9. The van der Waals surface area contributed by atoms with Crippen LogP contribution in [0, 0.1) is 4.91 Å². The van der Waals surface area contributed by atoms with Crippen LogP contribution >= 0.6 is 0 Å². The minimum atomic E-state index is -1.28. The molecule has 1 saturated heterocycles. The van der Waals surface area contributed by atoms with Crippen LogP contribution in [0.2, 0.25) is 0 Å². The number of hydrogen-bond donors (Lipinski definition) is 5. The largest absolute Gasteiger partial charge is 0.394 e. The topological polar surface area (TPSA) is 158 Å². The first-order valence-corrected chi connectivity index (χ1v) is 21.5. The van der Waals surface area contributed by atoms with Gasteiger partial charge in [-0.25, -0.2) is 0 Å². The molecule has 54 heavy (non-hydrogen) atoms. The number of ether oxygens (including phenoxy) is 2. The number of rotatable bonds is 35. The highest BCUT2D eigenvalue weighted by atomic mass is 16.7. The summed E-state index contributed by atoms with van der Waals surface area (Å²) in [5.41, 5.74) is 0. The predicted molar refractivity (Wildman–Crippen MR) is 220 cm³/mol. The normalized spacial score (nSPS) is 21.1. The number of aliphatic hydroxyl groups excluding tert-OH is 4. The molecule has 6 unspecified atom stereocenters. The highest BCUT2D eigenvalue weighted by Gasteiger charge is 2.39. The van der Waals surface area contributed by atoms with Crippen molar-refractivity contribution in [1.29, 1.82) is 0 Å². The molecule has 1 rings (SSSR count). The lowest BCUT2D eigenvalue weighted by molar-refractivity contribution is -0.238. The second-order valence-electron chi connectivity index (χ2n) is 14.9. The molecule has 0 aromatic carbocycles. The van der Waals surface area contributed by atoms with E-state index >= 15 is 0 Å². The van der Waals surface area contributed by atoms with Crippen LogP contribution in [0.25, 0.3) is 0 Å². The number of nitrogens with zero attached hydrogens (tertiary/aromatic N) is 1. The number of allylic oxidation sites excluding steroid dienone is 8. The van der Waals surface area contributed by atoms with E-state index in [1.807, 2.05) is 0 Å². The number of carbonyl (C=O) groups excluding carboxylic acids is 1. The molecule has 1 fully saturated rings. The van der Waals surface area contributed by atoms with Gasteiger partial charge in [0.05, 0.1) is 25.4 Å². The van der Waals surface area contributed by atoms with Gasteiger partial charge in [0, 0.05) is 12.8 Å². The van der Waals surface area contributed by atoms with Crippen molar-refractivity contribution in [2.24, 2.45) is 5.18 Å². The fourth-order valence-corrected chi connectivity index (χ4v) is 6.57. The molecule has 5 N–H and O–H groups in total. The summed E-state index contributed by atoms with van der Waals surface area (Å²) >= 11 is 0. The summed E-state index contributed by atoms with van der Waals surface area (Å²) in [6.07, 6.45) is 35.8. The van der Waals surface area contributed by atoms with E-state index in [0.29, 0.717) is 12.8 Å². The minimum absolute atomic E-state index is 0.0333. The third kappa shape index (κ3) is 25.8. The molecule has 0 aromatic rings. The molecule has 0 aliphatic carbocycles. The highest BCUT2D eigenvalue weighted by Crippen LogP contribution is 2.24. The SMILES string of the molecule is CCCCC/C=C\C/C=C\C/C=C\C/C=C\CCCC(=O)N[C@@H](COC1CC(N=O)C(O)C(CO)O1)C(O)C(O)CCCCCCCCCCCCCC. The Balaban J connectivity index is 2.49. The Kier molecular flexibility index (Phi) is 32.5. The molecule has 10 nitrogen and oxygen atoms in total. The van der Waals surface area contributed by atoms with Crippen molar-refractivity contribution < 1.29 is 34.7 Å². The molecule has 0 aromatic heterocycles. The summed E-state index contributed by atoms with van der Waals surface area (Å²) in [7, 11) is 0. The molecule has 0 spiro atoms. The average molecular weight is 763 g/mol. The molecule has 1 aliphatic rings. The number of unbranched alkanes of at least 4 members (excludes halogenated alkanes) is 15. The second-order valence-corrected chi connectivity index (χ2v) is 14.9. The maximum absolute atomic E-state index is 12.9. The van der Waals surface area contributed by atoms with Gasteiger partial charge >= 0.3 is 0 Å². The van der Waals surface area contributed by atoms with E-state index in [1.54, 1.807) is 0 Å². The first-order chi connectivity index (χ1) is 26.4. The Morgan fingerprint density at radius 3 is 1.80 bits per heavy atom. The monoisotopic (exact) mass is 763 g/mol. The van der Waals surface area contributed by atoms with Crippen molar-refractivity contribution in [2.75, 3.05) is 13.2 Å². The fourth-order valence-electron chi connectivity index (χ4n) is 6.57. The number of nitroso groups, excluding NO2 is 1. The third-order valence-electron chi connectivity index (χ3n) is 10.1. The molecule has 0 radical (unpaired) electrons. The zero-order chi connectivity index (χ0) is 39.5. The van der Waals surface area contributed by atoms with Gasteiger partial charge in [0.2, 0.25) is 5.91 Å². The fraction of sp³-hybridized carbons (Fsp3) is 0.795. The van der Waals surface area contributed by atoms with E-state index in [2.05, 4.69) is 72.9 Å². The maximum atomic E-state index is 12.9. The maximum Gasteiger partial charge on any atom is 0.220 e. The van der Waals surface area contributed by atoms with Crippen LogP contribution in [0.5, 0.6) is 0 Å². The van der Waals surface area contributed by atoms with Crippen LogP contribution in [0.4, 0.5) is 0 Å². The lowest BCUT2D eigenvalue weighted by Gasteiger charge is -2.36. The summed E-state index contributed by atoms with van der Waals surface area (Å²) in [6.45, 7) is 3.75. The Morgan fingerprint density at radius 2 is 1.26 bits per heavy atom. The summed E-state index contributed by atoms with van der Waals surface area (Å²) in [5, 5.41) is 47.6. The minimum Gasteiger partial charge on any atom is -0.394 e. The van der Waals surface area contributed by atoms with Gasteiger partial charge < -0.3 is 35.2 Å². The van der Waals surface area contributed by atoms with Gasteiger partial charge in [-0.15, -0.1) is 0 Å². The van der Waals surface area contributed by atoms with Gasteiger partial charge in [-0.1, -0.05) is 158 Å². The van der Waals surface area contributed by atoms with Crippen molar-refractivity contribution in [2.45, 2.75) is 211 Å². The van der Waals surface area contributed by atoms with Crippen molar-refractivity contribution in [1.82, 2.24) is 5.32 Å². The predicted octanol–water partition coefficient (Wildman–Crippen LogP) is 9.05. The highest BCUT2D eigenvalue weighted by molar-refractivity contribution is 5.76. The molecule has 1 aliphatic heterocycles. The molecular formula is C44H78N2O8. The second kappa shape index (κ2) is 35.2. The Hall–Kier alpha value is -2.21. The zero-order valence-electron chi connectivity index (χ0n) is 33.9. The standard InChI is InChI=1S/C44H78N2O8/c1-3-5-7-9-11-13-15-17-18-19-20-21-23-25-27-29-31-33-41(49)45-38(36-53-42-34-37(46-52)44(51)40(35-47)54-42)43(50)39(48)32-30-28-26-24-22-16-14-12-10-8-6-4-2/h11,13,17-18,20-21,25,27,37-40,42-44,47-48,50-51H,3-10,12,14-16,19,22-24,26,28-36H2,1-2H3,(H,45,49)/b13-11-,18-17-,21-20-,27-25-/t37?,38-,39?,40?,42?,43?,44?/m0/s1. The van der Waals surface area contributed by atoms with Crippen LogP contribution in [0.3, 0.4) is 0 Å². The molecule has 7 atom stereocenters. The van der Waals surface area contributed by atoms with Crippen molar-refractivity contribution >= 4 is 5.91 Å². The summed E-state index contributed by atoms with van der Waals surface area (Å²) in [6, 6.07) is -1.94. The quantitative estimate of drug-likeness (QED) is 0.0243. The first-order valence-electron chi connectivity index (χ1n) is 21.5. The first kappa shape index (κ1) is 49.8. The number of amides is 1. The van der Waals surface area contributed by atoms with E-state index in [-0.39, 0.29) is 25.4 Å². The van der Waals surface area contributed by atoms with Crippen molar-refractivity contribution in [3.63, 3.8) is 0 Å². The molecule has 0 bridgehead atoms. The van der Waals surface area contributed by atoms with E-state index in [1.165, 1.54) is 83.5 Å². The van der Waals surface area contributed by atoms with Gasteiger partial charge in [-0.3, -0.25) is 4.79 Å². The summed E-state index contributed by atoms with van der Waals surface area (Å²) in [5.74, 6) is -0.267. The van der Waals surface area contributed by atoms with Crippen LogP contribution in [0.1, 0.15) is 168 Å².